The normalized spacial score (nSPS) is 14.2. The topological polar surface area (TPSA) is 70.2 Å². The zero-order valence-corrected chi connectivity index (χ0v) is 13.0. The summed E-state index contributed by atoms with van der Waals surface area (Å²) in [6.45, 7) is 0.450. The summed E-state index contributed by atoms with van der Waals surface area (Å²) in [5.74, 6) is 0. The molecule has 5 nitrogen and oxygen atoms in total. The summed E-state index contributed by atoms with van der Waals surface area (Å²) in [5.41, 5.74) is 2.20. The van der Waals surface area contributed by atoms with Crippen LogP contribution in [-0.2, 0) is 16.4 Å². The first kappa shape index (κ1) is 14.0. The van der Waals surface area contributed by atoms with Crippen molar-refractivity contribution in [2.75, 3.05) is 10.8 Å². The van der Waals surface area contributed by atoms with Crippen molar-refractivity contribution >= 4 is 26.6 Å². The molecule has 0 unspecified atom stereocenters. The second-order valence-electron chi connectivity index (χ2n) is 5.53. The first-order valence-corrected chi connectivity index (χ1v) is 8.73. The maximum Gasteiger partial charge on any atom is 0.264 e. The Balaban J connectivity index is 1.83. The zero-order valence-electron chi connectivity index (χ0n) is 12.2. The number of rotatable bonds is 2. The van der Waals surface area contributed by atoms with Crippen molar-refractivity contribution in [3.63, 3.8) is 0 Å². The minimum absolute atomic E-state index is 0.207. The van der Waals surface area contributed by atoms with Crippen molar-refractivity contribution in [2.24, 2.45) is 0 Å². The van der Waals surface area contributed by atoms with Crippen LogP contribution in [0, 0.1) is 0 Å². The molecule has 4 rings (SSSR count). The van der Waals surface area contributed by atoms with Gasteiger partial charge in [0.2, 0.25) is 5.56 Å². The van der Waals surface area contributed by atoms with Crippen LogP contribution in [0.1, 0.15) is 5.56 Å². The van der Waals surface area contributed by atoms with E-state index < -0.39 is 10.0 Å². The monoisotopic (exact) mass is 326 g/mol. The van der Waals surface area contributed by atoms with E-state index in [-0.39, 0.29) is 10.5 Å². The lowest BCUT2D eigenvalue weighted by molar-refractivity contribution is 0.592. The Morgan fingerprint density at radius 3 is 2.70 bits per heavy atom. The Bertz CT molecular complexity index is 1070. The molecule has 0 saturated heterocycles. The fourth-order valence-corrected chi connectivity index (χ4v) is 4.52. The van der Waals surface area contributed by atoms with Crippen LogP contribution in [0.25, 0.3) is 10.9 Å². The second-order valence-corrected chi connectivity index (χ2v) is 7.39. The summed E-state index contributed by atoms with van der Waals surface area (Å²) < 4.78 is 27.4. The molecule has 23 heavy (non-hydrogen) atoms. The Kier molecular flexibility index (Phi) is 3.02. The van der Waals surface area contributed by atoms with Crippen molar-refractivity contribution in [1.82, 2.24) is 4.98 Å². The number of hydrogen-bond donors (Lipinski definition) is 1. The smallest absolute Gasteiger partial charge is 0.264 e. The number of nitrogens with one attached hydrogen (secondary N) is 1. The van der Waals surface area contributed by atoms with Crippen LogP contribution in [0.5, 0.6) is 0 Å². The number of hydrogen-bond acceptors (Lipinski definition) is 3. The Morgan fingerprint density at radius 1 is 1.00 bits per heavy atom. The van der Waals surface area contributed by atoms with Crippen LogP contribution < -0.4 is 9.86 Å². The van der Waals surface area contributed by atoms with E-state index in [2.05, 4.69) is 4.98 Å². The van der Waals surface area contributed by atoms with E-state index in [1.54, 1.807) is 18.2 Å². The number of fused-ring (bicyclic) bond motifs is 2. The molecular formula is C17H14N2O3S. The van der Waals surface area contributed by atoms with Gasteiger partial charge in [-0.15, -0.1) is 0 Å². The molecule has 116 valence electrons. The van der Waals surface area contributed by atoms with E-state index in [4.69, 9.17) is 0 Å². The Hall–Kier alpha value is -2.60. The number of aromatic amines is 1. The molecule has 0 aliphatic carbocycles. The highest BCUT2D eigenvalue weighted by Crippen LogP contribution is 2.33. The van der Waals surface area contributed by atoms with Crippen LogP contribution in [0.2, 0.25) is 0 Å². The van der Waals surface area contributed by atoms with E-state index in [9.17, 15) is 13.2 Å². The molecule has 0 spiro atoms. The standard InChI is InChI=1S/C17H14N2O3S/c20-17-8-5-13-11-14(6-7-15(13)18-17)23(21,22)19-10-9-12-3-1-2-4-16(12)19/h1-8,11H,9-10H2,(H,18,20). The summed E-state index contributed by atoms with van der Waals surface area (Å²) in [5, 5.41) is 0.693. The zero-order chi connectivity index (χ0) is 16.0. The minimum Gasteiger partial charge on any atom is -0.322 e. The van der Waals surface area contributed by atoms with Crippen molar-refractivity contribution < 1.29 is 8.42 Å². The average Bonchev–Trinajstić information content (AvgIpc) is 2.99. The molecule has 0 amide bonds. The van der Waals surface area contributed by atoms with Gasteiger partial charge in [0.25, 0.3) is 10.0 Å². The van der Waals surface area contributed by atoms with Gasteiger partial charge in [0.05, 0.1) is 10.6 Å². The highest BCUT2D eigenvalue weighted by molar-refractivity contribution is 7.92. The predicted molar refractivity (Wildman–Crippen MR) is 89.2 cm³/mol. The van der Waals surface area contributed by atoms with E-state index >= 15 is 0 Å². The molecule has 0 fully saturated rings. The summed E-state index contributed by atoms with van der Waals surface area (Å²) in [6.07, 6.45) is 0.719. The lowest BCUT2D eigenvalue weighted by atomic mass is 10.2. The maximum absolute atomic E-state index is 13.0. The quantitative estimate of drug-likeness (QED) is 0.785. The first-order chi connectivity index (χ1) is 11.1. The first-order valence-electron chi connectivity index (χ1n) is 7.29. The van der Waals surface area contributed by atoms with Crippen molar-refractivity contribution in [3.05, 3.63) is 70.5 Å². The van der Waals surface area contributed by atoms with Crippen LogP contribution in [0.4, 0.5) is 5.69 Å². The van der Waals surface area contributed by atoms with Gasteiger partial charge in [0.15, 0.2) is 0 Å². The van der Waals surface area contributed by atoms with Crippen molar-refractivity contribution in [2.45, 2.75) is 11.3 Å². The molecule has 1 aliphatic rings. The highest BCUT2D eigenvalue weighted by Gasteiger charge is 2.30. The van der Waals surface area contributed by atoms with Gasteiger partial charge in [0.1, 0.15) is 0 Å². The number of para-hydroxylation sites is 1. The summed E-state index contributed by atoms with van der Waals surface area (Å²) in [6, 6.07) is 15.3. The van der Waals surface area contributed by atoms with Crippen molar-refractivity contribution in [1.29, 1.82) is 0 Å². The number of pyridine rings is 1. The lowest BCUT2D eigenvalue weighted by Crippen LogP contribution is -2.29. The molecule has 1 aromatic heterocycles. The molecule has 0 atom stereocenters. The third-order valence-electron chi connectivity index (χ3n) is 4.13. The van der Waals surface area contributed by atoms with Gasteiger partial charge in [-0.2, -0.15) is 0 Å². The van der Waals surface area contributed by atoms with Gasteiger partial charge in [-0.3, -0.25) is 9.10 Å². The fraction of sp³-hybridized carbons (Fsp3) is 0.118. The summed E-state index contributed by atoms with van der Waals surface area (Å²) >= 11 is 0. The molecule has 0 saturated carbocycles. The molecule has 3 aromatic rings. The number of sulfonamides is 1. The van der Waals surface area contributed by atoms with Gasteiger partial charge >= 0.3 is 0 Å². The van der Waals surface area contributed by atoms with Gasteiger partial charge < -0.3 is 4.98 Å². The van der Waals surface area contributed by atoms with Gasteiger partial charge in [-0.25, -0.2) is 8.42 Å². The van der Waals surface area contributed by atoms with Crippen molar-refractivity contribution in [3.8, 4) is 0 Å². The Morgan fingerprint density at radius 2 is 1.83 bits per heavy atom. The molecular weight excluding hydrogens is 312 g/mol. The van der Waals surface area contributed by atoms with Gasteiger partial charge in [-0.05, 0) is 47.7 Å². The Labute approximate surface area is 133 Å². The van der Waals surface area contributed by atoms with Crippen LogP contribution in [-0.4, -0.2) is 19.9 Å². The second kappa shape index (κ2) is 4.96. The van der Waals surface area contributed by atoms with Gasteiger partial charge in [-0.1, -0.05) is 18.2 Å². The largest absolute Gasteiger partial charge is 0.322 e. The maximum atomic E-state index is 13.0. The van der Waals surface area contributed by atoms with E-state index in [1.165, 1.54) is 16.4 Å². The van der Waals surface area contributed by atoms with Crippen LogP contribution in [0.3, 0.4) is 0 Å². The lowest BCUT2D eigenvalue weighted by Gasteiger charge is -2.19. The highest BCUT2D eigenvalue weighted by atomic mass is 32.2. The molecule has 1 aliphatic heterocycles. The fourth-order valence-electron chi connectivity index (χ4n) is 2.98. The number of benzene rings is 2. The molecule has 2 heterocycles. The van der Waals surface area contributed by atoms with E-state index in [0.29, 0.717) is 17.4 Å². The summed E-state index contributed by atoms with van der Waals surface area (Å²) in [7, 11) is -3.61. The number of anilines is 1. The van der Waals surface area contributed by atoms with Gasteiger partial charge in [0, 0.05) is 18.1 Å². The van der Waals surface area contributed by atoms with E-state index in [0.717, 1.165) is 17.7 Å². The average molecular weight is 326 g/mol. The number of H-pyrrole nitrogens is 1. The predicted octanol–water partition coefficient (Wildman–Crippen LogP) is 2.28. The number of aromatic nitrogens is 1. The molecule has 2 aromatic carbocycles. The number of nitrogens with zero attached hydrogens (tertiary/aromatic N) is 1. The third kappa shape index (κ3) is 2.22. The molecule has 1 N–H and O–H groups in total. The molecule has 0 radical (unpaired) electrons. The molecule has 0 bridgehead atoms. The minimum atomic E-state index is -3.61. The van der Waals surface area contributed by atoms with E-state index in [1.807, 2.05) is 24.3 Å². The molecule has 6 heteroatoms. The SMILES string of the molecule is O=c1ccc2cc(S(=O)(=O)N3CCc4ccccc43)ccc2[nH]1. The third-order valence-corrected chi connectivity index (χ3v) is 5.94. The van der Waals surface area contributed by atoms with Crippen LogP contribution >= 0.6 is 0 Å². The van der Waals surface area contributed by atoms with Crippen LogP contribution in [0.15, 0.2) is 64.3 Å². The summed E-state index contributed by atoms with van der Waals surface area (Å²) in [4.78, 5) is 14.2.